The van der Waals surface area contributed by atoms with E-state index in [1.807, 2.05) is 19.9 Å². The highest BCUT2D eigenvalue weighted by Crippen LogP contribution is 2.31. The van der Waals surface area contributed by atoms with Gasteiger partial charge >= 0.3 is 5.97 Å². The van der Waals surface area contributed by atoms with E-state index in [0.717, 1.165) is 16.0 Å². The van der Waals surface area contributed by atoms with Gasteiger partial charge < -0.3 is 4.74 Å². The Morgan fingerprint density at radius 3 is 2.41 bits per heavy atom. The SMILES string of the molecule is COC(=O)C1=NNC2C(=O)N(c3cc(C)cc(C)c3)C(=O)C12. The maximum absolute atomic E-state index is 12.6. The topological polar surface area (TPSA) is 88.1 Å². The summed E-state index contributed by atoms with van der Waals surface area (Å²) in [6.45, 7) is 3.78. The third kappa shape index (κ3) is 1.97. The van der Waals surface area contributed by atoms with Crippen LogP contribution >= 0.6 is 0 Å². The molecular weight excluding hydrogens is 286 g/mol. The fourth-order valence-corrected chi connectivity index (χ4v) is 2.90. The number of methoxy groups -OCH3 is 1. The largest absolute Gasteiger partial charge is 0.464 e. The summed E-state index contributed by atoms with van der Waals surface area (Å²) in [5, 5.41) is 3.78. The lowest BCUT2D eigenvalue weighted by Gasteiger charge is -2.17. The van der Waals surface area contributed by atoms with E-state index in [9.17, 15) is 14.4 Å². The molecule has 2 unspecified atom stereocenters. The van der Waals surface area contributed by atoms with Gasteiger partial charge in [-0.2, -0.15) is 5.10 Å². The van der Waals surface area contributed by atoms with Crippen molar-refractivity contribution in [3.05, 3.63) is 29.3 Å². The quantitative estimate of drug-likeness (QED) is 0.627. The van der Waals surface area contributed by atoms with Gasteiger partial charge in [-0.05, 0) is 37.1 Å². The number of benzene rings is 1. The number of aryl methyl sites for hydroxylation is 2. The number of anilines is 1. The number of imide groups is 1. The Morgan fingerprint density at radius 2 is 1.82 bits per heavy atom. The van der Waals surface area contributed by atoms with Crippen LogP contribution in [0.25, 0.3) is 0 Å². The molecule has 2 aliphatic heterocycles. The number of amides is 2. The van der Waals surface area contributed by atoms with Crippen molar-refractivity contribution in [3.63, 3.8) is 0 Å². The molecule has 1 aromatic rings. The number of rotatable bonds is 2. The molecule has 3 rings (SSSR count). The first-order chi connectivity index (χ1) is 10.4. The minimum Gasteiger partial charge on any atom is -0.464 e. The zero-order chi connectivity index (χ0) is 16.0. The summed E-state index contributed by atoms with van der Waals surface area (Å²) in [4.78, 5) is 37.9. The summed E-state index contributed by atoms with van der Waals surface area (Å²) in [6, 6.07) is 4.63. The lowest BCUT2D eigenvalue weighted by molar-refractivity contribution is -0.133. The highest BCUT2D eigenvalue weighted by Gasteiger charge is 2.55. The minimum absolute atomic E-state index is 0.0577. The van der Waals surface area contributed by atoms with Gasteiger partial charge in [0.05, 0.1) is 12.8 Å². The van der Waals surface area contributed by atoms with Gasteiger partial charge in [0.1, 0.15) is 12.0 Å². The maximum Gasteiger partial charge on any atom is 0.355 e. The molecule has 2 aliphatic rings. The van der Waals surface area contributed by atoms with E-state index in [-0.39, 0.29) is 5.71 Å². The van der Waals surface area contributed by atoms with E-state index < -0.39 is 29.7 Å². The fraction of sp³-hybridized carbons (Fsp3) is 0.333. The van der Waals surface area contributed by atoms with Crippen LogP contribution in [0.4, 0.5) is 5.69 Å². The summed E-state index contributed by atoms with van der Waals surface area (Å²) < 4.78 is 4.61. The normalized spacial score (nSPS) is 23.2. The number of carbonyl (C=O) groups is 3. The Morgan fingerprint density at radius 1 is 1.18 bits per heavy atom. The van der Waals surface area contributed by atoms with Gasteiger partial charge in [-0.25, -0.2) is 9.69 Å². The fourth-order valence-electron chi connectivity index (χ4n) is 2.90. The average Bonchev–Trinajstić information content (AvgIpc) is 2.98. The summed E-state index contributed by atoms with van der Waals surface area (Å²) in [5.74, 6) is -2.51. The van der Waals surface area contributed by atoms with Crippen LogP contribution in [0.1, 0.15) is 11.1 Å². The van der Waals surface area contributed by atoms with E-state index in [4.69, 9.17) is 0 Å². The van der Waals surface area contributed by atoms with E-state index in [2.05, 4.69) is 15.3 Å². The molecule has 0 aromatic heterocycles. The summed E-state index contributed by atoms with van der Waals surface area (Å²) >= 11 is 0. The van der Waals surface area contributed by atoms with E-state index in [0.29, 0.717) is 5.69 Å². The molecular formula is C15H15N3O4. The number of fused-ring (bicyclic) bond motifs is 1. The predicted molar refractivity (Wildman–Crippen MR) is 78.3 cm³/mol. The number of carbonyl (C=O) groups excluding carboxylic acids is 3. The van der Waals surface area contributed by atoms with Gasteiger partial charge in [0.2, 0.25) is 5.91 Å². The minimum atomic E-state index is -0.930. The van der Waals surface area contributed by atoms with Gasteiger partial charge in [-0.1, -0.05) is 6.07 Å². The molecule has 2 atom stereocenters. The molecule has 0 bridgehead atoms. The molecule has 0 radical (unpaired) electrons. The third-order valence-corrected chi connectivity index (χ3v) is 3.78. The van der Waals surface area contributed by atoms with Crippen LogP contribution in [-0.4, -0.2) is 36.6 Å². The Balaban J connectivity index is 2.00. The van der Waals surface area contributed by atoms with E-state index in [1.54, 1.807) is 12.1 Å². The predicted octanol–water partition coefficient (Wildman–Crippen LogP) is 0.294. The second-order valence-corrected chi connectivity index (χ2v) is 5.43. The Bertz CT molecular complexity index is 705. The van der Waals surface area contributed by atoms with Gasteiger partial charge in [-0.3, -0.25) is 15.0 Å². The first kappa shape index (κ1) is 14.2. The molecule has 0 spiro atoms. The van der Waals surface area contributed by atoms with E-state index in [1.165, 1.54) is 7.11 Å². The number of nitrogens with zero attached hydrogens (tertiary/aromatic N) is 2. The number of ether oxygens (including phenoxy) is 1. The zero-order valence-corrected chi connectivity index (χ0v) is 12.4. The third-order valence-electron chi connectivity index (χ3n) is 3.78. The lowest BCUT2D eigenvalue weighted by atomic mass is 9.99. The molecule has 1 fully saturated rings. The monoisotopic (exact) mass is 301 g/mol. The number of hydrogen-bond donors (Lipinski definition) is 1. The number of hydrazone groups is 1. The first-order valence-corrected chi connectivity index (χ1v) is 6.81. The summed E-state index contributed by atoms with van der Waals surface area (Å²) in [5.41, 5.74) is 4.91. The highest BCUT2D eigenvalue weighted by molar-refractivity contribution is 6.46. The maximum atomic E-state index is 12.6. The highest BCUT2D eigenvalue weighted by atomic mass is 16.5. The van der Waals surface area contributed by atoms with Crippen LogP contribution in [0.3, 0.4) is 0 Å². The summed E-state index contributed by atoms with van der Waals surface area (Å²) in [6.07, 6.45) is 0. The van der Waals surface area contributed by atoms with Crippen molar-refractivity contribution in [3.8, 4) is 0 Å². The van der Waals surface area contributed by atoms with Crippen LogP contribution in [0.2, 0.25) is 0 Å². The van der Waals surface area contributed by atoms with Gasteiger partial charge in [0.15, 0.2) is 5.71 Å². The molecule has 1 saturated heterocycles. The molecule has 114 valence electrons. The van der Waals surface area contributed by atoms with Gasteiger partial charge in [0, 0.05) is 0 Å². The van der Waals surface area contributed by atoms with Crippen molar-refractivity contribution in [2.24, 2.45) is 11.0 Å². The number of hydrogen-bond acceptors (Lipinski definition) is 6. The van der Waals surface area contributed by atoms with Crippen LogP contribution in [0.5, 0.6) is 0 Å². The molecule has 2 heterocycles. The molecule has 0 aliphatic carbocycles. The van der Waals surface area contributed by atoms with Crippen LogP contribution in [0, 0.1) is 19.8 Å². The molecule has 7 nitrogen and oxygen atoms in total. The molecule has 1 N–H and O–H groups in total. The van der Waals surface area contributed by atoms with Crippen molar-refractivity contribution in [2.45, 2.75) is 19.9 Å². The van der Waals surface area contributed by atoms with Crippen molar-refractivity contribution in [2.75, 3.05) is 12.0 Å². The molecule has 1 aromatic carbocycles. The molecule has 7 heteroatoms. The lowest BCUT2D eigenvalue weighted by Crippen LogP contribution is -2.36. The Labute approximate surface area is 126 Å². The smallest absolute Gasteiger partial charge is 0.355 e. The van der Waals surface area contributed by atoms with Crippen LogP contribution in [-0.2, 0) is 19.1 Å². The van der Waals surface area contributed by atoms with Crippen molar-refractivity contribution >= 4 is 29.2 Å². The zero-order valence-electron chi connectivity index (χ0n) is 12.4. The second kappa shape index (κ2) is 4.94. The van der Waals surface area contributed by atoms with Crippen molar-refractivity contribution in [1.82, 2.24) is 5.43 Å². The van der Waals surface area contributed by atoms with Crippen LogP contribution in [0.15, 0.2) is 23.3 Å². The van der Waals surface area contributed by atoms with Crippen molar-refractivity contribution in [1.29, 1.82) is 0 Å². The average molecular weight is 301 g/mol. The molecule has 0 saturated carbocycles. The molecule has 22 heavy (non-hydrogen) atoms. The Hall–Kier alpha value is -2.70. The van der Waals surface area contributed by atoms with Crippen molar-refractivity contribution < 1.29 is 19.1 Å². The van der Waals surface area contributed by atoms with E-state index >= 15 is 0 Å². The standard InChI is InChI=1S/C15H15N3O4/c1-7-4-8(2)6-9(5-7)18-13(19)10-11(14(18)20)16-17-12(10)15(21)22-3/h4-6,10-11,16H,1-3H3. The van der Waals surface area contributed by atoms with Gasteiger partial charge in [0.25, 0.3) is 5.91 Å². The second-order valence-electron chi connectivity index (χ2n) is 5.43. The number of nitrogens with one attached hydrogen (secondary N) is 1. The number of esters is 1. The van der Waals surface area contributed by atoms with Crippen LogP contribution < -0.4 is 10.3 Å². The summed E-state index contributed by atoms with van der Waals surface area (Å²) in [7, 11) is 1.21. The Kier molecular flexibility index (Phi) is 3.20. The van der Waals surface area contributed by atoms with Gasteiger partial charge in [-0.15, -0.1) is 0 Å². The molecule has 2 amide bonds. The first-order valence-electron chi connectivity index (χ1n) is 6.81.